The van der Waals surface area contributed by atoms with Crippen LogP contribution < -0.4 is 0 Å². The molecule has 0 saturated heterocycles. The van der Waals surface area contributed by atoms with Crippen LogP contribution in [0.15, 0.2) is 41.0 Å². The second-order valence-electron chi connectivity index (χ2n) is 4.39. The van der Waals surface area contributed by atoms with Crippen molar-refractivity contribution in [2.24, 2.45) is 0 Å². The first-order valence-corrected chi connectivity index (χ1v) is 6.49. The van der Waals surface area contributed by atoms with E-state index in [4.69, 9.17) is 0 Å². The quantitative estimate of drug-likeness (QED) is 0.913. The van der Waals surface area contributed by atoms with Crippen molar-refractivity contribution < 1.29 is 5.11 Å². The molecule has 0 unspecified atom stereocenters. The Morgan fingerprint density at radius 1 is 1.29 bits per heavy atom. The zero-order chi connectivity index (χ0) is 12.4. The second-order valence-corrected chi connectivity index (χ2v) is 5.30. The van der Waals surface area contributed by atoms with Gasteiger partial charge in [-0.2, -0.15) is 0 Å². The standard InChI is InChI=1S/C14H16BrNO/c1-10(2)13-8-11(15)5-6-14(13)16-7-3-4-12(16)9-17/h3-8,10,17H,9H2,1-2H3. The normalized spacial score (nSPS) is 11.1. The van der Waals surface area contributed by atoms with E-state index in [-0.39, 0.29) is 6.61 Å². The van der Waals surface area contributed by atoms with Crippen LogP contribution in [-0.4, -0.2) is 9.67 Å². The molecule has 0 spiro atoms. The highest BCUT2D eigenvalue weighted by molar-refractivity contribution is 9.10. The van der Waals surface area contributed by atoms with Gasteiger partial charge < -0.3 is 9.67 Å². The molecule has 0 bridgehead atoms. The first-order valence-electron chi connectivity index (χ1n) is 5.70. The number of hydrogen-bond donors (Lipinski definition) is 1. The molecule has 0 saturated carbocycles. The number of halogens is 1. The fourth-order valence-electron chi connectivity index (χ4n) is 1.99. The summed E-state index contributed by atoms with van der Waals surface area (Å²) in [6.07, 6.45) is 1.99. The minimum atomic E-state index is 0.0561. The first-order chi connectivity index (χ1) is 8.13. The van der Waals surface area contributed by atoms with Crippen LogP contribution in [0.1, 0.15) is 31.0 Å². The molecular formula is C14H16BrNO. The Kier molecular flexibility index (Phi) is 3.69. The third-order valence-corrected chi connectivity index (χ3v) is 3.36. The molecule has 1 heterocycles. The SMILES string of the molecule is CC(C)c1cc(Br)ccc1-n1cccc1CO. The van der Waals surface area contributed by atoms with Crippen molar-refractivity contribution in [2.45, 2.75) is 26.4 Å². The molecule has 0 atom stereocenters. The van der Waals surface area contributed by atoms with Crippen LogP contribution in [0.4, 0.5) is 0 Å². The van der Waals surface area contributed by atoms with Gasteiger partial charge in [-0.1, -0.05) is 29.8 Å². The molecule has 1 N–H and O–H groups in total. The molecular weight excluding hydrogens is 278 g/mol. The summed E-state index contributed by atoms with van der Waals surface area (Å²) in [6.45, 7) is 4.40. The van der Waals surface area contributed by atoms with E-state index in [9.17, 15) is 5.11 Å². The van der Waals surface area contributed by atoms with Gasteiger partial charge in [-0.3, -0.25) is 0 Å². The highest BCUT2D eigenvalue weighted by atomic mass is 79.9. The molecule has 2 rings (SSSR count). The molecule has 0 fully saturated rings. The number of aliphatic hydroxyl groups is 1. The zero-order valence-corrected chi connectivity index (χ0v) is 11.6. The van der Waals surface area contributed by atoms with Crippen molar-refractivity contribution in [3.8, 4) is 5.69 Å². The van der Waals surface area contributed by atoms with Crippen molar-refractivity contribution >= 4 is 15.9 Å². The van der Waals surface area contributed by atoms with Gasteiger partial charge in [-0.05, 0) is 41.8 Å². The molecule has 0 radical (unpaired) electrons. The van der Waals surface area contributed by atoms with Gasteiger partial charge in [0.15, 0.2) is 0 Å². The average molecular weight is 294 g/mol. The van der Waals surface area contributed by atoms with Gasteiger partial charge in [0, 0.05) is 22.1 Å². The largest absolute Gasteiger partial charge is 0.390 e. The number of rotatable bonds is 3. The fourth-order valence-corrected chi connectivity index (χ4v) is 2.37. The van der Waals surface area contributed by atoms with E-state index in [2.05, 4.69) is 41.9 Å². The monoisotopic (exact) mass is 293 g/mol. The number of aliphatic hydroxyl groups excluding tert-OH is 1. The predicted molar refractivity (Wildman–Crippen MR) is 73.5 cm³/mol. The Bertz CT molecular complexity index is 517. The summed E-state index contributed by atoms with van der Waals surface area (Å²) >= 11 is 3.50. The van der Waals surface area contributed by atoms with E-state index in [1.54, 1.807) is 0 Å². The molecule has 90 valence electrons. The van der Waals surface area contributed by atoms with Crippen molar-refractivity contribution in [3.63, 3.8) is 0 Å². The van der Waals surface area contributed by atoms with Gasteiger partial charge in [0.2, 0.25) is 0 Å². The molecule has 3 heteroatoms. The number of nitrogens with zero attached hydrogens (tertiary/aromatic N) is 1. The smallest absolute Gasteiger partial charge is 0.0836 e. The highest BCUT2D eigenvalue weighted by Gasteiger charge is 2.10. The maximum atomic E-state index is 9.32. The third kappa shape index (κ3) is 2.45. The molecule has 17 heavy (non-hydrogen) atoms. The van der Waals surface area contributed by atoms with Crippen LogP contribution in [0.2, 0.25) is 0 Å². The highest BCUT2D eigenvalue weighted by Crippen LogP contribution is 2.27. The Morgan fingerprint density at radius 3 is 2.71 bits per heavy atom. The first kappa shape index (κ1) is 12.4. The van der Waals surface area contributed by atoms with Gasteiger partial charge in [-0.25, -0.2) is 0 Å². The number of benzene rings is 1. The Hall–Kier alpha value is -1.06. The Morgan fingerprint density at radius 2 is 2.06 bits per heavy atom. The van der Waals surface area contributed by atoms with E-state index in [1.807, 2.05) is 29.0 Å². The van der Waals surface area contributed by atoms with Crippen molar-refractivity contribution in [1.29, 1.82) is 0 Å². The lowest BCUT2D eigenvalue weighted by Gasteiger charge is -2.16. The summed E-state index contributed by atoms with van der Waals surface area (Å²) in [6, 6.07) is 10.1. The molecule has 0 aliphatic carbocycles. The van der Waals surface area contributed by atoms with Gasteiger partial charge in [0.25, 0.3) is 0 Å². The molecule has 0 amide bonds. The lowest BCUT2D eigenvalue weighted by Crippen LogP contribution is -2.03. The molecule has 0 aliphatic rings. The van der Waals surface area contributed by atoms with Gasteiger partial charge in [0.05, 0.1) is 6.61 Å². The Balaban J connectivity index is 2.59. The van der Waals surface area contributed by atoms with E-state index in [0.717, 1.165) is 15.9 Å². The van der Waals surface area contributed by atoms with Crippen LogP contribution in [-0.2, 0) is 6.61 Å². The lowest BCUT2D eigenvalue weighted by molar-refractivity contribution is 0.274. The van der Waals surface area contributed by atoms with Crippen LogP contribution in [0.3, 0.4) is 0 Å². The molecule has 0 aliphatic heterocycles. The van der Waals surface area contributed by atoms with E-state index in [1.165, 1.54) is 5.56 Å². The number of hydrogen-bond acceptors (Lipinski definition) is 1. The topological polar surface area (TPSA) is 25.2 Å². The van der Waals surface area contributed by atoms with Crippen LogP contribution in [0.5, 0.6) is 0 Å². The van der Waals surface area contributed by atoms with E-state index >= 15 is 0 Å². The molecule has 2 aromatic rings. The minimum absolute atomic E-state index is 0.0561. The van der Waals surface area contributed by atoms with Crippen LogP contribution in [0.25, 0.3) is 5.69 Å². The Labute approximate surface area is 110 Å². The summed E-state index contributed by atoms with van der Waals surface area (Å²) in [4.78, 5) is 0. The molecule has 1 aromatic carbocycles. The van der Waals surface area contributed by atoms with Crippen molar-refractivity contribution in [3.05, 3.63) is 52.3 Å². The zero-order valence-electron chi connectivity index (χ0n) is 10.0. The van der Waals surface area contributed by atoms with E-state index in [0.29, 0.717) is 5.92 Å². The van der Waals surface area contributed by atoms with Crippen LogP contribution in [0, 0.1) is 0 Å². The summed E-state index contributed by atoms with van der Waals surface area (Å²) in [5.41, 5.74) is 3.32. The third-order valence-electron chi connectivity index (χ3n) is 2.87. The van der Waals surface area contributed by atoms with Gasteiger partial charge >= 0.3 is 0 Å². The van der Waals surface area contributed by atoms with Crippen molar-refractivity contribution in [1.82, 2.24) is 4.57 Å². The molecule has 2 nitrogen and oxygen atoms in total. The second kappa shape index (κ2) is 5.07. The summed E-state index contributed by atoms with van der Waals surface area (Å²) in [5, 5.41) is 9.32. The van der Waals surface area contributed by atoms with Gasteiger partial charge in [-0.15, -0.1) is 0 Å². The van der Waals surface area contributed by atoms with Crippen LogP contribution >= 0.6 is 15.9 Å². The maximum absolute atomic E-state index is 9.32. The number of aromatic nitrogens is 1. The summed E-state index contributed by atoms with van der Waals surface area (Å²) < 4.78 is 3.13. The van der Waals surface area contributed by atoms with Crippen molar-refractivity contribution in [2.75, 3.05) is 0 Å². The molecule has 1 aromatic heterocycles. The minimum Gasteiger partial charge on any atom is -0.390 e. The summed E-state index contributed by atoms with van der Waals surface area (Å²) in [5.74, 6) is 0.441. The van der Waals surface area contributed by atoms with Gasteiger partial charge in [0.1, 0.15) is 0 Å². The average Bonchev–Trinajstić information content (AvgIpc) is 2.76. The lowest BCUT2D eigenvalue weighted by atomic mass is 10.0. The predicted octanol–water partition coefficient (Wildman–Crippen LogP) is 3.86. The fraction of sp³-hybridized carbons (Fsp3) is 0.286. The maximum Gasteiger partial charge on any atom is 0.0836 e. The summed E-state index contributed by atoms with van der Waals surface area (Å²) in [7, 11) is 0. The van der Waals surface area contributed by atoms with E-state index < -0.39 is 0 Å².